The molecule has 16 heavy (non-hydrogen) atoms. The van der Waals surface area contributed by atoms with Gasteiger partial charge < -0.3 is 14.8 Å². The highest BCUT2D eigenvalue weighted by Gasteiger charge is 2.14. The minimum Gasteiger partial charge on any atom is -0.481 e. The molecule has 1 N–H and O–H groups in total. The Morgan fingerprint density at radius 1 is 1.31 bits per heavy atom. The standard InChI is InChI=1S/C12H20N2O2/c1-12(2,16-4)9-13-7-10-5-6-11(15-3)14-8-10/h5-6,8,13H,7,9H2,1-4H3. The van der Waals surface area contributed by atoms with Crippen LogP contribution in [0, 0.1) is 0 Å². The zero-order valence-corrected chi connectivity index (χ0v) is 10.4. The van der Waals surface area contributed by atoms with Gasteiger partial charge in [0.1, 0.15) is 0 Å². The quantitative estimate of drug-likeness (QED) is 0.797. The predicted molar refractivity (Wildman–Crippen MR) is 63.6 cm³/mol. The van der Waals surface area contributed by atoms with Gasteiger partial charge in [0.05, 0.1) is 12.7 Å². The molecular formula is C12H20N2O2. The van der Waals surface area contributed by atoms with Gasteiger partial charge in [-0.25, -0.2) is 4.98 Å². The van der Waals surface area contributed by atoms with E-state index in [1.54, 1.807) is 14.2 Å². The Morgan fingerprint density at radius 2 is 2.06 bits per heavy atom. The lowest BCUT2D eigenvalue weighted by molar-refractivity contribution is 0.0230. The second kappa shape index (κ2) is 5.82. The fraction of sp³-hybridized carbons (Fsp3) is 0.583. The van der Waals surface area contributed by atoms with Gasteiger partial charge in [-0.2, -0.15) is 0 Å². The van der Waals surface area contributed by atoms with Crippen LogP contribution >= 0.6 is 0 Å². The fourth-order valence-electron chi connectivity index (χ4n) is 1.22. The van der Waals surface area contributed by atoms with Crippen molar-refractivity contribution in [2.45, 2.75) is 26.0 Å². The van der Waals surface area contributed by atoms with E-state index in [1.165, 1.54) is 0 Å². The van der Waals surface area contributed by atoms with Gasteiger partial charge in [0.25, 0.3) is 0 Å². The zero-order chi connectivity index (χ0) is 12.0. The number of hydrogen-bond acceptors (Lipinski definition) is 4. The van der Waals surface area contributed by atoms with Gasteiger partial charge >= 0.3 is 0 Å². The number of nitrogens with zero attached hydrogens (tertiary/aromatic N) is 1. The van der Waals surface area contributed by atoms with E-state index in [2.05, 4.69) is 10.3 Å². The van der Waals surface area contributed by atoms with Crippen LogP contribution in [0.1, 0.15) is 19.4 Å². The molecular weight excluding hydrogens is 204 g/mol. The van der Waals surface area contributed by atoms with Crippen LogP contribution in [0.3, 0.4) is 0 Å². The lowest BCUT2D eigenvalue weighted by Crippen LogP contribution is -2.36. The van der Waals surface area contributed by atoms with Crippen molar-refractivity contribution in [1.29, 1.82) is 0 Å². The van der Waals surface area contributed by atoms with Crippen LogP contribution < -0.4 is 10.1 Å². The van der Waals surface area contributed by atoms with Crippen LogP contribution in [-0.2, 0) is 11.3 Å². The monoisotopic (exact) mass is 224 g/mol. The van der Waals surface area contributed by atoms with E-state index in [0.717, 1.165) is 18.7 Å². The summed E-state index contributed by atoms with van der Waals surface area (Å²) in [5.41, 5.74) is 0.993. The smallest absolute Gasteiger partial charge is 0.212 e. The van der Waals surface area contributed by atoms with Crippen molar-refractivity contribution in [3.8, 4) is 5.88 Å². The third kappa shape index (κ3) is 4.16. The molecule has 4 nitrogen and oxygen atoms in total. The molecule has 0 atom stereocenters. The summed E-state index contributed by atoms with van der Waals surface area (Å²) in [5, 5.41) is 3.32. The van der Waals surface area contributed by atoms with E-state index >= 15 is 0 Å². The summed E-state index contributed by atoms with van der Waals surface area (Å²) in [6.45, 7) is 5.68. The van der Waals surface area contributed by atoms with Crippen molar-refractivity contribution in [3.63, 3.8) is 0 Å². The van der Waals surface area contributed by atoms with E-state index < -0.39 is 0 Å². The summed E-state index contributed by atoms with van der Waals surface area (Å²) in [4.78, 5) is 4.14. The molecule has 0 aromatic carbocycles. The van der Waals surface area contributed by atoms with Crippen molar-refractivity contribution in [3.05, 3.63) is 23.9 Å². The molecule has 1 aromatic rings. The summed E-state index contributed by atoms with van der Waals surface area (Å²) in [6.07, 6.45) is 1.81. The first-order chi connectivity index (χ1) is 7.57. The number of nitrogens with one attached hydrogen (secondary N) is 1. The predicted octanol–water partition coefficient (Wildman–Crippen LogP) is 1.60. The maximum absolute atomic E-state index is 5.31. The van der Waals surface area contributed by atoms with Crippen molar-refractivity contribution < 1.29 is 9.47 Å². The summed E-state index contributed by atoms with van der Waals surface area (Å²) in [7, 11) is 3.33. The highest BCUT2D eigenvalue weighted by Crippen LogP contribution is 2.08. The maximum Gasteiger partial charge on any atom is 0.212 e. The van der Waals surface area contributed by atoms with E-state index in [1.807, 2.05) is 32.2 Å². The highest BCUT2D eigenvalue weighted by atomic mass is 16.5. The van der Waals surface area contributed by atoms with Gasteiger partial charge in [0.2, 0.25) is 5.88 Å². The zero-order valence-electron chi connectivity index (χ0n) is 10.4. The molecule has 1 heterocycles. The van der Waals surface area contributed by atoms with Gasteiger partial charge in [-0.05, 0) is 19.4 Å². The molecule has 0 aliphatic carbocycles. The van der Waals surface area contributed by atoms with E-state index in [0.29, 0.717) is 5.88 Å². The van der Waals surface area contributed by atoms with E-state index in [-0.39, 0.29) is 5.60 Å². The van der Waals surface area contributed by atoms with Crippen LogP contribution in [0.5, 0.6) is 5.88 Å². The molecule has 4 heteroatoms. The third-order valence-corrected chi connectivity index (χ3v) is 2.44. The second-order valence-electron chi connectivity index (χ2n) is 4.28. The van der Waals surface area contributed by atoms with Crippen molar-refractivity contribution in [2.24, 2.45) is 0 Å². The summed E-state index contributed by atoms with van der Waals surface area (Å²) in [6, 6.07) is 3.86. The van der Waals surface area contributed by atoms with Gasteiger partial charge in [-0.15, -0.1) is 0 Å². The second-order valence-corrected chi connectivity index (χ2v) is 4.28. The Bertz CT molecular complexity index is 309. The minimum absolute atomic E-state index is 0.139. The number of rotatable bonds is 6. The normalized spacial score (nSPS) is 11.5. The minimum atomic E-state index is -0.139. The lowest BCUT2D eigenvalue weighted by Gasteiger charge is -2.23. The first-order valence-corrected chi connectivity index (χ1v) is 5.32. The molecule has 90 valence electrons. The molecule has 0 spiro atoms. The highest BCUT2D eigenvalue weighted by molar-refractivity contribution is 5.17. The average Bonchev–Trinajstić information content (AvgIpc) is 2.30. The summed E-state index contributed by atoms with van der Waals surface area (Å²) >= 11 is 0. The molecule has 0 amide bonds. The largest absolute Gasteiger partial charge is 0.481 e. The Hall–Kier alpha value is -1.13. The molecule has 1 aromatic heterocycles. The van der Waals surface area contributed by atoms with Crippen LogP contribution in [0.25, 0.3) is 0 Å². The number of hydrogen-bond donors (Lipinski definition) is 1. The number of methoxy groups -OCH3 is 2. The molecule has 0 saturated carbocycles. The molecule has 1 rings (SSSR count). The van der Waals surface area contributed by atoms with Gasteiger partial charge in [-0.3, -0.25) is 0 Å². The van der Waals surface area contributed by atoms with E-state index in [4.69, 9.17) is 9.47 Å². The number of aromatic nitrogens is 1. The molecule has 0 aliphatic rings. The SMILES string of the molecule is COc1ccc(CNCC(C)(C)OC)cn1. The topological polar surface area (TPSA) is 43.4 Å². The number of ether oxygens (including phenoxy) is 2. The van der Waals surface area contributed by atoms with Crippen LogP contribution in [0.2, 0.25) is 0 Å². The molecule has 0 unspecified atom stereocenters. The van der Waals surface area contributed by atoms with Crippen LogP contribution in [0.4, 0.5) is 0 Å². The molecule has 0 aliphatic heterocycles. The van der Waals surface area contributed by atoms with Crippen LogP contribution in [0.15, 0.2) is 18.3 Å². The van der Waals surface area contributed by atoms with Gasteiger partial charge in [-0.1, -0.05) is 6.07 Å². The van der Waals surface area contributed by atoms with Crippen LogP contribution in [-0.4, -0.2) is 31.3 Å². The molecule has 0 radical (unpaired) electrons. The first-order valence-electron chi connectivity index (χ1n) is 5.32. The van der Waals surface area contributed by atoms with E-state index in [9.17, 15) is 0 Å². The van der Waals surface area contributed by atoms with Crippen molar-refractivity contribution in [2.75, 3.05) is 20.8 Å². The Kier molecular flexibility index (Phi) is 4.71. The van der Waals surface area contributed by atoms with Gasteiger partial charge in [0, 0.05) is 32.5 Å². The molecule has 0 saturated heterocycles. The van der Waals surface area contributed by atoms with Crippen molar-refractivity contribution >= 4 is 0 Å². The number of pyridine rings is 1. The Balaban J connectivity index is 2.37. The molecule has 0 fully saturated rings. The Morgan fingerprint density at radius 3 is 2.56 bits per heavy atom. The fourth-order valence-corrected chi connectivity index (χ4v) is 1.22. The maximum atomic E-state index is 5.31. The third-order valence-electron chi connectivity index (χ3n) is 2.44. The van der Waals surface area contributed by atoms with Crippen molar-refractivity contribution in [1.82, 2.24) is 10.3 Å². The lowest BCUT2D eigenvalue weighted by atomic mass is 10.1. The molecule has 0 bridgehead atoms. The first kappa shape index (κ1) is 12.9. The Labute approximate surface area is 97.0 Å². The summed E-state index contributed by atoms with van der Waals surface area (Å²) < 4.78 is 10.3. The average molecular weight is 224 g/mol. The summed E-state index contributed by atoms with van der Waals surface area (Å²) in [5.74, 6) is 0.640. The van der Waals surface area contributed by atoms with Gasteiger partial charge in [0.15, 0.2) is 0 Å².